The van der Waals surface area contributed by atoms with Crippen molar-refractivity contribution >= 4 is 11.4 Å². The smallest absolute Gasteiger partial charge is 0.334 e. The first kappa shape index (κ1) is 27.7. The van der Waals surface area contributed by atoms with Gasteiger partial charge in [0, 0.05) is 36.4 Å². The molecule has 0 radical (unpaired) electrons. The van der Waals surface area contributed by atoms with E-state index in [2.05, 4.69) is 19.9 Å². The van der Waals surface area contributed by atoms with Crippen LogP contribution < -0.4 is 0 Å². The number of nitrogens with zero attached hydrogens (tertiary/aromatic N) is 2. The largest absolute Gasteiger partial charge is 0.349 e. The maximum atomic E-state index is 12.6. The van der Waals surface area contributed by atoms with Gasteiger partial charge in [-0.2, -0.15) is 0 Å². The number of hydrogen-bond donors (Lipinski definition) is 4. The van der Waals surface area contributed by atoms with Gasteiger partial charge in [-0.3, -0.25) is 20.2 Å². The minimum absolute atomic E-state index is 0.160. The van der Waals surface area contributed by atoms with Gasteiger partial charge in [0.15, 0.2) is 11.4 Å². The minimum atomic E-state index is -0.438. The first-order chi connectivity index (χ1) is 23.0. The maximum absolute atomic E-state index is 12.6. The van der Waals surface area contributed by atoms with Crippen LogP contribution >= 0.6 is 0 Å². The molecule has 47 heavy (non-hydrogen) atoms. The van der Waals surface area contributed by atoms with Crippen LogP contribution in [-0.2, 0) is 0 Å². The van der Waals surface area contributed by atoms with E-state index in [0.29, 0.717) is 34.6 Å². The molecule has 0 atom stereocenters. The number of aromatic nitrogens is 4. The number of nitrogens with one attached hydrogen (secondary N) is 4. The van der Waals surface area contributed by atoms with Gasteiger partial charge in [0.25, 0.3) is 0 Å². The molecular formula is C37H25N6O4+3. The Morgan fingerprint density at radius 3 is 1.09 bits per heavy atom. The fraction of sp³-hybridized carbons (Fsp3) is 0. The number of aromatic amines is 4. The van der Waals surface area contributed by atoms with Gasteiger partial charge in [-0.25, -0.2) is 0 Å². The van der Waals surface area contributed by atoms with E-state index in [9.17, 15) is 20.2 Å². The zero-order chi connectivity index (χ0) is 32.1. The highest BCUT2D eigenvalue weighted by molar-refractivity contribution is 5.73. The highest BCUT2D eigenvalue weighted by Crippen LogP contribution is 2.43. The monoisotopic (exact) mass is 617 g/mol. The van der Waals surface area contributed by atoms with Gasteiger partial charge in [0.1, 0.15) is 50.4 Å². The SMILES string of the molecule is O=[N+]([O-])c1cc2[nH]c1[C+](c1ccccc1)c1ccc([nH]1)[C+](c1ccccc1)c1ccc([nH]1)[C+](c1ccccc1)c1[nH]c-2cc1[N+](=O)[O-]. The van der Waals surface area contributed by atoms with Crippen LogP contribution in [0.3, 0.4) is 0 Å². The number of benzene rings is 3. The summed E-state index contributed by atoms with van der Waals surface area (Å²) in [5.74, 6) is 2.03. The quantitative estimate of drug-likeness (QED) is 0.0883. The van der Waals surface area contributed by atoms with Crippen molar-refractivity contribution in [2.24, 2.45) is 0 Å². The molecule has 1 aliphatic heterocycles. The molecule has 3 aromatic carbocycles. The molecule has 1 aliphatic rings. The highest BCUT2D eigenvalue weighted by Gasteiger charge is 2.41. The van der Waals surface area contributed by atoms with Crippen LogP contribution in [0.25, 0.3) is 11.4 Å². The second kappa shape index (κ2) is 11.0. The van der Waals surface area contributed by atoms with E-state index >= 15 is 0 Å². The maximum Gasteiger partial charge on any atom is 0.349 e. The summed E-state index contributed by atoms with van der Waals surface area (Å²) in [6.45, 7) is 0. The molecule has 7 aromatic rings. The Balaban J connectivity index is 1.46. The van der Waals surface area contributed by atoms with Crippen LogP contribution in [0.5, 0.6) is 0 Å². The minimum Gasteiger partial charge on any atom is -0.334 e. The van der Waals surface area contributed by atoms with Crippen LogP contribution in [0, 0.1) is 38.0 Å². The third-order valence-electron chi connectivity index (χ3n) is 8.41. The third-order valence-corrected chi connectivity index (χ3v) is 8.41. The number of fused-ring (bicyclic) bond motifs is 9. The Labute approximate surface area is 268 Å². The molecule has 0 spiro atoms. The summed E-state index contributed by atoms with van der Waals surface area (Å²) in [6, 6.07) is 39.3. The Morgan fingerprint density at radius 2 is 0.745 bits per heavy atom. The van der Waals surface area contributed by atoms with E-state index in [1.807, 2.05) is 115 Å². The van der Waals surface area contributed by atoms with Gasteiger partial charge in [0.2, 0.25) is 0 Å². The van der Waals surface area contributed by atoms with Crippen molar-refractivity contribution < 1.29 is 9.85 Å². The van der Waals surface area contributed by atoms with Crippen molar-refractivity contribution in [2.45, 2.75) is 0 Å². The average Bonchev–Trinajstić information content (AvgIpc) is 3.91. The average molecular weight is 618 g/mol. The van der Waals surface area contributed by atoms with Crippen LogP contribution in [0.15, 0.2) is 127 Å². The first-order valence-electron chi connectivity index (χ1n) is 14.9. The van der Waals surface area contributed by atoms with Gasteiger partial charge < -0.3 is 19.9 Å². The van der Waals surface area contributed by atoms with E-state index in [1.165, 1.54) is 12.1 Å². The molecule has 0 saturated heterocycles. The van der Waals surface area contributed by atoms with E-state index in [1.54, 1.807) is 0 Å². The van der Waals surface area contributed by atoms with Crippen molar-refractivity contribution in [2.75, 3.05) is 0 Å². The summed E-state index contributed by atoms with van der Waals surface area (Å²) in [5, 5.41) is 25.1. The van der Waals surface area contributed by atoms with E-state index in [-0.39, 0.29) is 22.8 Å². The Kier molecular flexibility index (Phi) is 6.47. The van der Waals surface area contributed by atoms with Crippen molar-refractivity contribution in [1.29, 1.82) is 0 Å². The number of nitro groups is 2. The lowest BCUT2D eigenvalue weighted by atomic mass is 9.92. The van der Waals surface area contributed by atoms with Crippen molar-refractivity contribution in [3.8, 4) is 11.4 Å². The molecule has 224 valence electrons. The molecule has 5 heterocycles. The van der Waals surface area contributed by atoms with Crippen molar-refractivity contribution in [1.82, 2.24) is 19.9 Å². The van der Waals surface area contributed by atoms with Gasteiger partial charge in [0.05, 0.1) is 64.5 Å². The Hall–Kier alpha value is -6.81. The first-order valence-corrected chi connectivity index (χ1v) is 14.9. The third kappa shape index (κ3) is 4.72. The summed E-state index contributed by atoms with van der Waals surface area (Å²) < 4.78 is 0. The Morgan fingerprint density at radius 1 is 0.426 bits per heavy atom. The molecular weight excluding hydrogens is 592 g/mol. The number of hydrogen-bond acceptors (Lipinski definition) is 4. The van der Waals surface area contributed by atoms with Crippen molar-refractivity contribution in [3.05, 3.63) is 216 Å². The molecule has 0 aliphatic carbocycles. The molecule has 0 saturated carbocycles. The molecule has 4 N–H and O–H groups in total. The molecule has 10 heteroatoms. The lowest BCUT2D eigenvalue weighted by Gasteiger charge is -2.11. The van der Waals surface area contributed by atoms with Crippen LogP contribution in [-0.4, -0.2) is 29.8 Å². The second-order valence-electron chi connectivity index (χ2n) is 11.2. The second-order valence-corrected chi connectivity index (χ2v) is 11.2. The lowest BCUT2D eigenvalue weighted by molar-refractivity contribution is -0.385. The molecule has 4 aromatic heterocycles. The van der Waals surface area contributed by atoms with Crippen LogP contribution in [0.2, 0.25) is 0 Å². The topological polar surface area (TPSA) is 149 Å². The fourth-order valence-electron chi connectivity index (χ4n) is 6.36. The summed E-state index contributed by atoms with van der Waals surface area (Å²) >= 11 is 0. The summed E-state index contributed by atoms with van der Waals surface area (Å²) in [5.41, 5.74) is 6.23. The Bertz CT molecular complexity index is 2090. The lowest BCUT2D eigenvalue weighted by Crippen LogP contribution is -2.11. The molecule has 0 fully saturated rings. The van der Waals surface area contributed by atoms with Gasteiger partial charge in [-0.05, 0) is 54.6 Å². The summed E-state index contributed by atoms with van der Waals surface area (Å²) in [6.07, 6.45) is 0. The summed E-state index contributed by atoms with van der Waals surface area (Å²) in [7, 11) is 0. The molecule has 0 unspecified atom stereocenters. The normalized spacial score (nSPS) is 12.5. The van der Waals surface area contributed by atoms with Crippen molar-refractivity contribution in [3.63, 3.8) is 0 Å². The number of rotatable bonds is 5. The standard InChI is InChI=1S/C37H25N6O4/c44-42(45)31-20-29-30-21-32(43(46)47)37(41-30)35(24-14-8-3-9-15-24)28-19-17-26(39-28)33(22-10-4-1-5-11-22)25-16-18-27(38-25)34(36(31)40-29)23-12-6-2-7-13-23/h1-21,38-41H/q+3. The predicted molar refractivity (Wildman–Crippen MR) is 176 cm³/mol. The van der Waals surface area contributed by atoms with E-state index < -0.39 is 9.85 Å². The number of H-pyrrole nitrogens is 4. The summed E-state index contributed by atoms with van der Waals surface area (Å²) in [4.78, 5) is 37.9. The van der Waals surface area contributed by atoms with Crippen LogP contribution in [0.1, 0.15) is 50.9 Å². The van der Waals surface area contributed by atoms with E-state index in [0.717, 1.165) is 34.0 Å². The zero-order valence-electron chi connectivity index (χ0n) is 24.7. The zero-order valence-corrected chi connectivity index (χ0v) is 24.7. The highest BCUT2D eigenvalue weighted by atomic mass is 16.6. The van der Waals surface area contributed by atoms with E-state index in [4.69, 9.17) is 0 Å². The van der Waals surface area contributed by atoms with Gasteiger partial charge in [-0.1, -0.05) is 0 Å². The molecule has 10 nitrogen and oxygen atoms in total. The predicted octanol–water partition coefficient (Wildman–Crippen LogP) is 7.85. The van der Waals surface area contributed by atoms with Gasteiger partial charge >= 0.3 is 11.4 Å². The molecule has 8 rings (SSSR count). The van der Waals surface area contributed by atoms with Crippen LogP contribution in [0.4, 0.5) is 11.4 Å². The molecule has 8 bridgehead atoms. The van der Waals surface area contributed by atoms with Gasteiger partial charge in [-0.15, -0.1) is 0 Å². The fourth-order valence-corrected chi connectivity index (χ4v) is 6.36. The molecule has 0 amide bonds.